The van der Waals surface area contributed by atoms with Crippen molar-refractivity contribution >= 4 is 47.4 Å². The zero-order valence-corrected chi connectivity index (χ0v) is 18.0. The van der Waals surface area contributed by atoms with E-state index >= 15 is 0 Å². The second kappa shape index (κ2) is 9.88. The molecule has 2 aliphatic heterocycles. The number of benzene rings is 2. The SMILES string of the molecule is COC(=O)NC1=Cc2cc(Cl)c(F)cc2OC1.NC(=O)C1=Cc2cc(Cl)c(F)cc2OC1. The molecule has 2 heterocycles. The maximum atomic E-state index is 13.1. The van der Waals surface area contributed by atoms with Gasteiger partial charge in [0.1, 0.15) is 36.3 Å². The number of halogens is 4. The highest BCUT2D eigenvalue weighted by Gasteiger charge is 2.17. The molecule has 0 bridgehead atoms. The highest BCUT2D eigenvalue weighted by atomic mass is 35.5. The molecule has 0 aliphatic carbocycles. The van der Waals surface area contributed by atoms with E-state index in [-0.39, 0.29) is 23.3 Å². The number of ether oxygens (including phenoxy) is 3. The number of rotatable bonds is 2. The van der Waals surface area contributed by atoms with Gasteiger partial charge in [-0.3, -0.25) is 10.1 Å². The Morgan fingerprint density at radius 2 is 1.50 bits per heavy atom. The van der Waals surface area contributed by atoms with Crippen molar-refractivity contribution in [3.63, 3.8) is 0 Å². The Bertz CT molecular complexity index is 1150. The van der Waals surface area contributed by atoms with Crippen LogP contribution < -0.4 is 20.5 Å². The summed E-state index contributed by atoms with van der Waals surface area (Å²) < 4.78 is 41.1. The van der Waals surface area contributed by atoms with Crippen LogP contribution in [0.5, 0.6) is 11.5 Å². The molecular formula is C21H16Cl2F2N2O5. The normalized spacial score (nSPS) is 13.5. The number of nitrogens with two attached hydrogens (primary N) is 1. The molecule has 7 nitrogen and oxygen atoms in total. The lowest BCUT2D eigenvalue weighted by atomic mass is 10.1. The summed E-state index contributed by atoms with van der Waals surface area (Å²) in [6.07, 6.45) is 2.62. The standard InChI is InChI=1S/C11H9ClFNO3.C10H7ClFNO2/c1-16-11(15)14-7-2-6-3-8(12)9(13)4-10(6)17-5-7;11-7-2-5-1-6(10(13)14)4-15-9(5)3-8(7)12/h2-4H,5H2,1H3,(H,14,15);1-3H,4H2,(H2,13,14). The van der Waals surface area contributed by atoms with Gasteiger partial charge in [0.05, 0.1) is 28.4 Å². The maximum Gasteiger partial charge on any atom is 0.411 e. The highest BCUT2D eigenvalue weighted by molar-refractivity contribution is 6.31. The number of methoxy groups -OCH3 is 1. The minimum atomic E-state index is -0.587. The van der Waals surface area contributed by atoms with Gasteiger partial charge in [0.25, 0.3) is 0 Å². The second-order valence-electron chi connectivity index (χ2n) is 6.51. The molecule has 4 rings (SSSR count). The van der Waals surface area contributed by atoms with Crippen LogP contribution in [0.1, 0.15) is 11.1 Å². The molecule has 0 saturated carbocycles. The summed E-state index contributed by atoms with van der Waals surface area (Å²) in [4.78, 5) is 21.9. The Kier molecular flexibility index (Phi) is 7.22. The average molecular weight is 485 g/mol. The van der Waals surface area contributed by atoms with Crippen molar-refractivity contribution < 1.29 is 32.6 Å². The summed E-state index contributed by atoms with van der Waals surface area (Å²) in [5, 5.41) is 2.47. The molecule has 168 valence electrons. The number of alkyl carbamates (subject to hydrolysis) is 1. The number of nitrogens with one attached hydrogen (secondary N) is 1. The van der Waals surface area contributed by atoms with Gasteiger partial charge >= 0.3 is 6.09 Å². The van der Waals surface area contributed by atoms with Crippen molar-refractivity contribution in [3.8, 4) is 11.5 Å². The summed E-state index contributed by atoms with van der Waals surface area (Å²) in [5.41, 5.74) is 7.12. The van der Waals surface area contributed by atoms with Crippen molar-refractivity contribution in [2.75, 3.05) is 20.3 Å². The number of hydrogen-bond acceptors (Lipinski definition) is 5. The monoisotopic (exact) mass is 484 g/mol. The lowest BCUT2D eigenvalue weighted by Gasteiger charge is -2.18. The number of amides is 2. The lowest BCUT2D eigenvalue weighted by molar-refractivity contribution is -0.114. The van der Waals surface area contributed by atoms with E-state index in [1.165, 1.54) is 31.4 Å². The molecule has 0 radical (unpaired) electrons. The molecular weight excluding hydrogens is 469 g/mol. The quantitative estimate of drug-likeness (QED) is 0.661. The Labute approximate surface area is 191 Å². The molecule has 0 fully saturated rings. The molecule has 2 aromatic rings. The van der Waals surface area contributed by atoms with Crippen LogP contribution in [-0.2, 0) is 9.53 Å². The van der Waals surface area contributed by atoms with E-state index in [1.54, 1.807) is 12.2 Å². The molecule has 3 N–H and O–H groups in total. The molecule has 2 aromatic carbocycles. The zero-order valence-electron chi connectivity index (χ0n) is 16.5. The van der Waals surface area contributed by atoms with Gasteiger partial charge < -0.3 is 19.9 Å². The minimum Gasteiger partial charge on any atom is -0.488 e. The van der Waals surface area contributed by atoms with Crippen molar-refractivity contribution in [1.82, 2.24) is 5.32 Å². The summed E-state index contributed by atoms with van der Waals surface area (Å²) in [6, 6.07) is 5.23. The summed E-state index contributed by atoms with van der Waals surface area (Å²) in [7, 11) is 1.26. The first-order valence-electron chi connectivity index (χ1n) is 8.97. The third-order valence-electron chi connectivity index (χ3n) is 4.30. The van der Waals surface area contributed by atoms with Crippen LogP contribution in [0.4, 0.5) is 13.6 Å². The summed E-state index contributed by atoms with van der Waals surface area (Å²) in [6.45, 7) is 0.201. The Morgan fingerprint density at radius 3 is 2.03 bits per heavy atom. The predicted molar refractivity (Wildman–Crippen MR) is 114 cm³/mol. The Balaban J connectivity index is 0.000000182. The molecule has 11 heteroatoms. The van der Waals surface area contributed by atoms with Crippen LogP contribution in [-0.4, -0.2) is 32.3 Å². The van der Waals surface area contributed by atoms with Crippen LogP contribution in [0.25, 0.3) is 12.2 Å². The molecule has 0 spiro atoms. The van der Waals surface area contributed by atoms with E-state index in [0.717, 1.165) is 0 Å². The van der Waals surface area contributed by atoms with E-state index in [9.17, 15) is 18.4 Å². The van der Waals surface area contributed by atoms with Crippen molar-refractivity contribution in [2.45, 2.75) is 0 Å². The fourth-order valence-corrected chi connectivity index (χ4v) is 3.07. The van der Waals surface area contributed by atoms with Crippen LogP contribution >= 0.6 is 23.2 Å². The lowest BCUT2D eigenvalue weighted by Crippen LogP contribution is -2.27. The zero-order chi connectivity index (χ0) is 23.4. The number of hydrogen-bond donors (Lipinski definition) is 2. The van der Waals surface area contributed by atoms with Gasteiger partial charge in [0, 0.05) is 23.3 Å². The molecule has 0 saturated heterocycles. The van der Waals surface area contributed by atoms with Gasteiger partial charge in [0.2, 0.25) is 5.91 Å². The molecule has 2 aliphatic rings. The average Bonchev–Trinajstić information content (AvgIpc) is 2.75. The smallest absolute Gasteiger partial charge is 0.411 e. The second-order valence-corrected chi connectivity index (χ2v) is 7.32. The van der Waals surface area contributed by atoms with E-state index in [2.05, 4.69) is 10.1 Å². The van der Waals surface area contributed by atoms with E-state index in [4.69, 9.17) is 38.4 Å². The Morgan fingerprint density at radius 1 is 0.969 bits per heavy atom. The first kappa shape index (κ1) is 23.4. The molecule has 0 unspecified atom stereocenters. The van der Waals surface area contributed by atoms with E-state index in [0.29, 0.717) is 33.9 Å². The molecule has 0 aromatic heterocycles. The third kappa shape index (κ3) is 5.49. The third-order valence-corrected chi connectivity index (χ3v) is 4.88. The number of primary amides is 1. The van der Waals surface area contributed by atoms with Crippen LogP contribution in [0, 0.1) is 11.6 Å². The molecule has 2 amide bonds. The first-order valence-corrected chi connectivity index (χ1v) is 9.73. The fraction of sp³-hybridized carbons (Fsp3) is 0.143. The maximum absolute atomic E-state index is 13.1. The minimum absolute atomic E-state index is 0.00270. The van der Waals surface area contributed by atoms with Gasteiger partial charge in [0.15, 0.2) is 0 Å². The number of fused-ring (bicyclic) bond motifs is 2. The highest BCUT2D eigenvalue weighted by Crippen LogP contribution is 2.31. The van der Waals surface area contributed by atoms with Crippen molar-refractivity contribution in [3.05, 3.63) is 68.3 Å². The van der Waals surface area contributed by atoms with Gasteiger partial charge in [-0.2, -0.15) is 0 Å². The van der Waals surface area contributed by atoms with Crippen molar-refractivity contribution in [1.29, 1.82) is 0 Å². The van der Waals surface area contributed by atoms with Crippen LogP contribution in [0.15, 0.2) is 35.5 Å². The first-order chi connectivity index (χ1) is 15.2. The van der Waals surface area contributed by atoms with Crippen LogP contribution in [0.3, 0.4) is 0 Å². The van der Waals surface area contributed by atoms with Crippen molar-refractivity contribution in [2.24, 2.45) is 5.73 Å². The predicted octanol–water partition coefficient (Wildman–Crippen LogP) is 4.31. The van der Waals surface area contributed by atoms with E-state index in [1.807, 2.05) is 0 Å². The molecule has 32 heavy (non-hydrogen) atoms. The van der Waals surface area contributed by atoms with Gasteiger partial charge in [-0.25, -0.2) is 13.6 Å². The topological polar surface area (TPSA) is 99.9 Å². The largest absolute Gasteiger partial charge is 0.488 e. The fourth-order valence-electron chi connectivity index (χ4n) is 2.73. The van der Waals surface area contributed by atoms with Crippen LogP contribution in [0.2, 0.25) is 10.0 Å². The Hall–Kier alpha value is -3.30. The van der Waals surface area contributed by atoms with E-state index < -0.39 is 23.6 Å². The summed E-state index contributed by atoms with van der Waals surface area (Å²) in [5.74, 6) is -0.889. The van der Waals surface area contributed by atoms with Gasteiger partial charge in [-0.15, -0.1) is 0 Å². The number of carbonyl (C=O) groups excluding carboxylic acids is 2. The molecule has 0 atom stereocenters. The van der Waals surface area contributed by atoms with Gasteiger partial charge in [-0.1, -0.05) is 23.2 Å². The van der Waals surface area contributed by atoms with Gasteiger partial charge in [-0.05, 0) is 24.3 Å². The number of carbonyl (C=O) groups is 2. The summed E-state index contributed by atoms with van der Waals surface area (Å²) >= 11 is 11.3.